The molecule has 0 saturated carbocycles. The van der Waals surface area contributed by atoms with Gasteiger partial charge in [0.1, 0.15) is 0 Å². The molecule has 3 rings (SSSR count). The van der Waals surface area contributed by atoms with Gasteiger partial charge in [0.2, 0.25) is 0 Å². The summed E-state index contributed by atoms with van der Waals surface area (Å²) in [5, 5.41) is 0. The molecule has 0 spiro atoms. The number of rotatable bonds is 4. The van der Waals surface area contributed by atoms with Gasteiger partial charge in [-0.15, -0.1) is 0 Å². The van der Waals surface area contributed by atoms with Gasteiger partial charge in [-0.25, -0.2) is 0 Å². The molecule has 0 bridgehead atoms. The number of hydrogen-bond donors (Lipinski definition) is 1. The first kappa shape index (κ1) is 15.0. The van der Waals surface area contributed by atoms with Crippen LogP contribution in [0.5, 0.6) is 0 Å². The number of likely N-dealkylation sites (tertiary alicyclic amines) is 1. The predicted octanol–water partition coefficient (Wildman–Crippen LogP) is 2.87. The topological polar surface area (TPSA) is 53.2 Å². The van der Waals surface area contributed by atoms with Crippen molar-refractivity contribution in [2.75, 3.05) is 12.8 Å². The molecule has 1 aliphatic rings. The minimum absolute atomic E-state index is 0.0563. The number of nitrogens with one attached hydrogen (secondary N) is 1. The molecule has 0 radical (unpaired) electrons. The average molecular weight is 316 g/mol. The smallest absolute Gasteiger partial charge is 0.254 e. The Morgan fingerprint density at radius 2 is 2.23 bits per heavy atom. The molecule has 1 aromatic carbocycles. The van der Waals surface area contributed by atoms with Crippen molar-refractivity contribution in [1.82, 2.24) is 9.88 Å². The molecular weight excluding hydrogens is 296 g/mol. The highest BCUT2D eigenvalue weighted by atomic mass is 32.2. The van der Waals surface area contributed by atoms with Crippen LogP contribution in [0.1, 0.15) is 40.5 Å². The zero-order valence-electron chi connectivity index (χ0n) is 12.6. The number of carbonyl (C=O) groups is 1. The number of benzene rings is 1. The van der Waals surface area contributed by atoms with E-state index < -0.39 is 10.8 Å². The molecule has 1 fully saturated rings. The van der Waals surface area contributed by atoms with Crippen molar-refractivity contribution < 1.29 is 9.00 Å². The molecule has 1 aromatic heterocycles. The summed E-state index contributed by atoms with van der Waals surface area (Å²) >= 11 is 0. The maximum atomic E-state index is 12.8. The zero-order valence-corrected chi connectivity index (χ0v) is 13.4. The van der Waals surface area contributed by atoms with Crippen LogP contribution in [-0.2, 0) is 16.6 Å². The Balaban J connectivity index is 1.82. The molecular formula is C17H20N2O2S. The number of aromatic amines is 1. The lowest BCUT2D eigenvalue weighted by molar-refractivity contribution is 0.0733. The van der Waals surface area contributed by atoms with Gasteiger partial charge in [0.05, 0.1) is 6.04 Å². The van der Waals surface area contributed by atoms with E-state index in [2.05, 4.69) is 4.98 Å². The van der Waals surface area contributed by atoms with Crippen molar-refractivity contribution in [1.29, 1.82) is 0 Å². The monoisotopic (exact) mass is 316 g/mol. The molecule has 1 amide bonds. The van der Waals surface area contributed by atoms with Crippen LogP contribution < -0.4 is 0 Å². The van der Waals surface area contributed by atoms with Crippen molar-refractivity contribution in [2.24, 2.45) is 0 Å². The highest BCUT2D eigenvalue weighted by Gasteiger charge is 2.31. The highest BCUT2D eigenvalue weighted by molar-refractivity contribution is 7.83. The first-order chi connectivity index (χ1) is 10.6. The van der Waals surface area contributed by atoms with Crippen LogP contribution in [-0.4, -0.2) is 32.8 Å². The molecule has 116 valence electrons. The van der Waals surface area contributed by atoms with Crippen molar-refractivity contribution in [3.05, 3.63) is 59.4 Å². The van der Waals surface area contributed by atoms with Gasteiger partial charge >= 0.3 is 0 Å². The fourth-order valence-electron chi connectivity index (χ4n) is 3.08. The molecule has 1 aliphatic heterocycles. The Morgan fingerprint density at radius 1 is 1.36 bits per heavy atom. The second kappa shape index (κ2) is 6.48. The molecule has 22 heavy (non-hydrogen) atoms. The van der Waals surface area contributed by atoms with E-state index in [1.807, 2.05) is 47.5 Å². The van der Waals surface area contributed by atoms with Gasteiger partial charge < -0.3 is 9.88 Å². The first-order valence-electron chi connectivity index (χ1n) is 7.48. The third kappa shape index (κ3) is 3.14. The number of H-pyrrole nitrogens is 1. The Bertz CT molecular complexity index is 682. The molecule has 1 N–H and O–H groups in total. The maximum Gasteiger partial charge on any atom is 0.254 e. The number of amides is 1. The van der Waals surface area contributed by atoms with Gasteiger partial charge in [-0.2, -0.15) is 0 Å². The van der Waals surface area contributed by atoms with E-state index in [-0.39, 0.29) is 11.9 Å². The fraction of sp³-hybridized carbons (Fsp3) is 0.353. The molecule has 0 aliphatic carbocycles. The normalized spacial score (nSPS) is 19.3. The van der Waals surface area contributed by atoms with E-state index in [1.54, 1.807) is 6.26 Å². The predicted molar refractivity (Wildman–Crippen MR) is 88.0 cm³/mol. The van der Waals surface area contributed by atoms with Crippen LogP contribution in [0.3, 0.4) is 0 Å². The van der Waals surface area contributed by atoms with Gasteiger partial charge in [-0.3, -0.25) is 9.00 Å². The van der Waals surface area contributed by atoms with Crippen LogP contribution in [0.2, 0.25) is 0 Å². The summed E-state index contributed by atoms with van der Waals surface area (Å²) in [5.74, 6) is 0.544. The zero-order chi connectivity index (χ0) is 15.5. The lowest BCUT2D eigenvalue weighted by Gasteiger charge is -2.24. The maximum absolute atomic E-state index is 12.8. The lowest BCUT2D eigenvalue weighted by Crippen LogP contribution is -2.30. The second-order valence-corrected chi connectivity index (χ2v) is 7.14. The highest BCUT2D eigenvalue weighted by Crippen LogP contribution is 2.32. The third-order valence-corrected chi connectivity index (χ3v) is 4.78. The van der Waals surface area contributed by atoms with Crippen LogP contribution >= 0.6 is 0 Å². The Morgan fingerprint density at radius 3 is 2.95 bits per heavy atom. The number of nitrogens with zero attached hydrogens (tertiary/aromatic N) is 1. The second-order valence-electron chi connectivity index (χ2n) is 5.70. The number of aromatic nitrogens is 1. The molecule has 2 heterocycles. The Kier molecular flexibility index (Phi) is 4.43. The quantitative estimate of drug-likeness (QED) is 0.943. The Labute approximate surface area is 133 Å². The summed E-state index contributed by atoms with van der Waals surface area (Å²) in [6.45, 7) is 0.784. The van der Waals surface area contributed by atoms with Crippen molar-refractivity contribution in [2.45, 2.75) is 24.6 Å². The summed E-state index contributed by atoms with van der Waals surface area (Å²) in [7, 11) is -0.901. The van der Waals surface area contributed by atoms with Crippen LogP contribution in [0.25, 0.3) is 0 Å². The lowest BCUT2D eigenvalue weighted by atomic mass is 10.1. The van der Waals surface area contributed by atoms with Gasteiger partial charge in [0, 0.05) is 46.8 Å². The average Bonchev–Trinajstić information content (AvgIpc) is 3.16. The summed E-state index contributed by atoms with van der Waals surface area (Å²) in [6.07, 6.45) is 5.59. The minimum atomic E-state index is -0.901. The van der Waals surface area contributed by atoms with Gasteiger partial charge in [-0.05, 0) is 42.7 Å². The fourth-order valence-corrected chi connectivity index (χ4v) is 3.73. The first-order valence-corrected chi connectivity index (χ1v) is 9.21. The number of carbonyl (C=O) groups excluding carboxylic acids is 1. The molecule has 2 aromatic rings. The van der Waals surface area contributed by atoms with E-state index in [0.29, 0.717) is 11.3 Å². The minimum Gasteiger partial charge on any atom is -0.363 e. The van der Waals surface area contributed by atoms with E-state index in [9.17, 15) is 9.00 Å². The largest absolute Gasteiger partial charge is 0.363 e. The number of hydrogen-bond acceptors (Lipinski definition) is 2. The third-order valence-electron chi connectivity index (χ3n) is 4.04. The SMILES string of the molecule is C[S@](=O)Cc1cccc(C(=O)N2CCC[C@H]2c2ccc[nH]2)c1. The molecule has 0 unspecified atom stereocenters. The summed E-state index contributed by atoms with van der Waals surface area (Å²) in [6, 6.07) is 11.6. The van der Waals surface area contributed by atoms with E-state index in [1.165, 1.54) is 0 Å². The van der Waals surface area contributed by atoms with Crippen molar-refractivity contribution in [3.8, 4) is 0 Å². The van der Waals surface area contributed by atoms with E-state index in [0.717, 1.165) is 30.6 Å². The molecule has 2 atom stereocenters. The summed E-state index contributed by atoms with van der Waals surface area (Å²) in [4.78, 5) is 18.0. The molecule has 4 nitrogen and oxygen atoms in total. The van der Waals surface area contributed by atoms with Crippen LogP contribution in [0.15, 0.2) is 42.6 Å². The molecule has 5 heteroatoms. The van der Waals surface area contributed by atoms with Crippen molar-refractivity contribution >= 4 is 16.7 Å². The summed E-state index contributed by atoms with van der Waals surface area (Å²) in [5.41, 5.74) is 2.72. The van der Waals surface area contributed by atoms with Crippen LogP contribution in [0, 0.1) is 0 Å². The van der Waals surface area contributed by atoms with Gasteiger partial charge in [0.25, 0.3) is 5.91 Å². The summed E-state index contributed by atoms with van der Waals surface area (Å²) < 4.78 is 11.4. The van der Waals surface area contributed by atoms with E-state index >= 15 is 0 Å². The standard InChI is InChI=1S/C17H20N2O2S/c1-22(21)12-13-5-2-6-14(11-13)17(20)19-10-4-8-16(19)15-7-3-9-18-15/h2-3,5-7,9,11,16,18H,4,8,10,12H2,1H3/t16-,22-/m0/s1. The molecule has 1 saturated heterocycles. The van der Waals surface area contributed by atoms with Gasteiger partial charge in [0.15, 0.2) is 0 Å². The van der Waals surface area contributed by atoms with Gasteiger partial charge in [-0.1, -0.05) is 12.1 Å². The van der Waals surface area contributed by atoms with Crippen LogP contribution in [0.4, 0.5) is 0 Å². The Hall–Kier alpha value is -1.88. The van der Waals surface area contributed by atoms with E-state index in [4.69, 9.17) is 0 Å². The van der Waals surface area contributed by atoms with Crippen molar-refractivity contribution in [3.63, 3.8) is 0 Å².